The monoisotopic (exact) mass is 229 g/mol. The zero-order valence-corrected chi connectivity index (χ0v) is 10.7. The fourth-order valence-corrected chi connectivity index (χ4v) is 1.76. The number of nitrogens with two attached hydrogens (primary N) is 2. The van der Waals surface area contributed by atoms with E-state index in [4.69, 9.17) is 11.5 Å². The van der Waals surface area contributed by atoms with Gasteiger partial charge < -0.3 is 16.8 Å². The second-order valence-corrected chi connectivity index (χ2v) is 4.61. The molecule has 0 aliphatic carbocycles. The molecular formula is C12H27N3O. The third kappa shape index (κ3) is 7.65. The largest absolute Gasteiger partial charge is 0.356 e. The van der Waals surface area contributed by atoms with Gasteiger partial charge in [0.25, 0.3) is 0 Å². The number of hydrogen-bond donors (Lipinski definition) is 3. The van der Waals surface area contributed by atoms with Crippen LogP contribution in [0.5, 0.6) is 0 Å². The van der Waals surface area contributed by atoms with Crippen LogP contribution in [0, 0.1) is 11.8 Å². The number of rotatable bonds is 9. The molecule has 0 saturated heterocycles. The second-order valence-electron chi connectivity index (χ2n) is 4.61. The molecule has 5 N–H and O–H groups in total. The van der Waals surface area contributed by atoms with Crippen LogP contribution in [0.3, 0.4) is 0 Å². The van der Waals surface area contributed by atoms with Gasteiger partial charge in [0, 0.05) is 13.0 Å². The zero-order valence-electron chi connectivity index (χ0n) is 10.7. The van der Waals surface area contributed by atoms with Crippen LogP contribution < -0.4 is 16.8 Å². The molecule has 0 radical (unpaired) electrons. The Bertz CT molecular complexity index is 183. The Kier molecular flexibility index (Phi) is 9.24. The quantitative estimate of drug-likeness (QED) is 0.513. The van der Waals surface area contributed by atoms with Crippen LogP contribution in [-0.2, 0) is 4.79 Å². The Morgan fingerprint density at radius 1 is 1.19 bits per heavy atom. The van der Waals surface area contributed by atoms with Gasteiger partial charge in [-0.1, -0.05) is 13.8 Å². The van der Waals surface area contributed by atoms with Gasteiger partial charge in [0.05, 0.1) is 0 Å². The maximum atomic E-state index is 11.5. The smallest absolute Gasteiger partial charge is 0.220 e. The predicted octanol–water partition coefficient (Wildman–Crippen LogP) is 0.853. The molecule has 16 heavy (non-hydrogen) atoms. The lowest BCUT2D eigenvalue weighted by atomic mass is 9.88. The maximum Gasteiger partial charge on any atom is 0.220 e. The Hall–Kier alpha value is -0.610. The standard InChI is InChI=1S/C12H27N3O/c1-10(2)11(6-8-14)4-5-12(16)15-9-3-7-13/h10-11H,3-9,13-14H2,1-2H3,(H,15,16). The number of carbonyl (C=O) groups excluding carboxylic acids is 1. The Balaban J connectivity index is 3.69. The van der Waals surface area contributed by atoms with E-state index in [1.54, 1.807) is 0 Å². The molecule has 1 amide bonds. The predicted molar refractivity (Wildman–Crippen MR) is 67.9 cm³/mol. The average molecular weight is 229 g/mol. The lowest BCUT2D eigenvalue weighted by Crippen LogP contribution is -2.27. The van der Waals surface area contributed by atoms with E-state index in [2.05, 4.69) is 19.2 Å². The molecule has 0 saturated carbocycles. The first kappa shape index (κ1) is 15.4. The van der Waals surface area contributed by atoms with Gasteiger partial charge in [0.2, 0.25) is 5.91 Å². The van der Waals surface area contributed by atoms with E-state index < -0.39 is 0 Å². The molecule has 1 unspecified atom stereocenters. The molecule has 0 aromatic heterocycles. The van der Waals surface area contributed by atoms with Crippen LogP contribution in [0.25, 0.3) is 0 Å². The van der Waals surface area contributed by atoms with Gasteiger partial charge >= 0.3 is 0 Å². The average Bonchev–Trinajstić information content (AvgIpc) is 2.24. The van der Waals surface area contributed by atoms with Gasteiger partial charge in [-0.25, -0.2) is 0 Å². The summed E-state index contributed by atoms with van der Waals surface area (Å²) >= 11 is 0. The van der Waals surface area contributed by atoms with Crippen molar-refractivity contribution in [2.75, 3.05) is 19.6 Å². The van der Waals surface area contributed by atoms with Crippen LogP contribution in [0.1, 0.15) is 39.5 Å². The molecule has 0 rings (SSSR count). The molecule has 0 aromatic carbocycles. The van der Waals surface area contributed by atoms with E-state index in [0.717, 1.165) is 19.3 Å². The molecule has 0 aliphatic heterocycles. The summed E-state index contributed by atoms with van der Waals surface area (Å²) in [6.07, 6.45) is 3.40. The normalized spacial score (nSPS) is 12.8. The SMILES string of the molecule is CC(C)C(CCN)CCC(=O)NCCCN. The number of amides is 1. The fourth-order valence-electron chi connectivity index (χ4n) is 1.76. The van der Waals surface area contributed by atoms with Crippen molar-refractivity contribution in [3.63, 3.8) is 0 Å². The summed E-state index contributed by atoms with van der Waals surface area (Å²) in [6, 6.07) is 0. The third-order valence-corrected chi connectivity index (χ3v) is 2.93. The van der Waals surface area contributed by atoms with Gasteiger partial charge in [-0.15, -0.1) is 0 Å². The van der Waals surface area contributed by atoms with E-state index in [1.165, 1.54) is 0 Å². The highest BCUT2D eigenvalue weighted by Crippen LogP contribution is 2.20. The molecule has 4 nitrogen and oxygen atoms in total. The van der Waals surface area contributed by atoms with Crippen LogP contribution in [0.15, 0.2) is 0 Å². The minimum Gasteiger partial charge on any atom is -0.356 e. The topological polar surface area (TPSA) is 81.1 Å². The number of nitrogens with one attached hydrogen (secondary N) is 1. The van der Waals surface area contributed by atoms with Gasteiger partial charge in [0.1, 0.15) is 0 Å². The Morgan fingerprint density at radius 2 is 1.88 bits per heavy atom. The number of hydrogen-bond acceptors (Lipinski definition) is 3. The summed E-state index contributed by atoms with van der Waals surface area (Å²) in [7, 11) is 0. The molecule has 96 valence electrons. The van der Waals surface area contributed by atoms with Crippen molar-refractivity contribution in [2.24, 2.45) is 23.3 Å². The molecule has 0 fully saturated rings. The molecule has 0 aromatic rings. The minimum absolute atomic E-state index is 0.135. The first-order valence-corrected chi connectivity index (χ1v) is 6.28. The molecule has 4 heteroatoms. The molecular weight excluding hydrogens is 202 g/mol. The summed E-state index contributed by atoms with van der Waals surface area (Å²) < 4.78 is 0. The van der Waals surface area contributed by atoms with E-state index >= 15 is 0 Å². The van der Waals surface area contributed by atoms with Crippen molar-refractivity contribution in [3.8, 4) is 0 Å². The van der Waals surface area contributed by atoms with Crippen molar-refractivity contribution in [1.82, 2.24) is 5.32 Å². The van der Waals surface area contributed by atoms with Crippen molar-refractivity contribution >= 4 is 5.91 Å². The number of carbonyl (C=O) groups is 1. The summed E-state index contributed by atoms with van der Waals surface area (Å²) in [6.45, 7) is 6.40. The van der Waals surface area contributed by atoms with Crippen molar-refractivity contribution < 1.29 is 4.79 Å². The third-order valence-electron chi connectivity index (χ3n) is 2.93. The van der Waals surface area contributed by atoms with E-state index in [-0.39, 0.29) is 5.91 Å². The molecule has 0 heterocycles. The fraction of sp³-hybridized carbons (Fsp3) is 0.917. The van der Waals surface area contributed by atoms with E-state index in [9.17, 15) is 4.79 Å². The van der Waals surface area contributed by atoms with Gasteiger partial charge in [-0.05, 0) is 44.2 Å². The van der Waals surface area contributed by atoms with Crippen LogP contribution in [-0.4, -0.2) is 25.5 Å². The Morgan fingerprint density at radius 3 is 2.38 bits per heavy atom. The Labute approximate surface area is 99.1 Å². The van der Waals surface area contributed by atoms with Crippen LogP contribution >= 0.6 is 0 Å². The van der Waals surface area contributed by atoms with Gasteiger partial charge in [0.15, 0.2) is 0 Å². The minimum atomic E-state index is 0.135. The molecule has 0 aliphatic rings. The van der Waals surface area contributed by atoms with Crippen molar-refractivity contribution in [3.05, 3.63) is 0 Å². The first-order valence-electron chi connectivity index (χ1n) is 6.28. The van der Waals surface area contributed by atoms with Crippen molar-refractivity contribution in [2.45, 2.75) is 39.5 Å². The first-order chi connectivity index (χ1) is 7.61. The second kappa shape index (κ2) is 9.60. The van der Waals surface area contributed by atoms with Crippen LogP contribution in [0.2, 0.25) is 0 Å². The highest BCUT2D eigenvalue weighted by atomic mass is 16.1. The molecule has 0 spiro atoms. The molecule has 0 bridgehead atoms. The highest BCUT2D eigenvalue weighted by Gasteiger charge is 2.13. The summed E-state index contributed by atoms with van der Waals surface area (Å²) in [5, 5.41) is 2.87. The van der Waals surface area contributed by atoms with Crippen LogP contribution in [0.4, 0.5) is 0 Å². The maximum absolute atomic E-state index is 11.5. The van der Waals surface area contributed by atoms with Crippen molar-refractivity contribution in [1.29, 1.82) is 0 Å². The van der Waals surface area contributed by atoms with E-state index in [1.807, 2.05) is 0 Å². The highest BCUT2D eigenvalue weighted by molar-refractivity contribution is 5.75. The summed E-state index contributed by atoms with van der Waals surface area (Å²) in [4.78, 5) is 11.5. The van der Waals surface area contributed by atoms with Gasteiger partial charge in [-0.2, -0.15) is 0 Å². The zero-order chi connectivity index (χ0) is 12.4. The lowest BCUT2D eigenvalue weighted by molar-refractivity contribution is -0.121. The van der Waals surface area contributed by atoms with Gasteiger partial charge in [-0.3, -0.25) is 4.79 Å². The summed E-state index contributed by atoms with van der Waals surface area (Å²) in [5.41, 5.74) is 10.9. The summed E-state index contributed by atoms with van der Waals surface area (Å²) in [5.74, 6) is 1.29. The van der Waals surface area contributed by atoms with E-state index in [0.29, 0.717) is 37.9 Å². The molecule has 1 atom stereocenters. The lowest BCUT2D eigenvalue weighted by Gasteiger charge is -2.19.